The van der Waals surface area contributed by atoms with Gasteiger partial charge in [-0.05, 0) is 48.5 Å². The van der Waals surface area contributed by atoms with Crippen LogP contribution in [0.5, 0.6) is 0 Å². The maximum absolute atomic E-state index is 7.75. The molecule has 0 atom stereocenters. The van der Waals surface area contributed by atoms with Gasteiger partial charge in [0, 0.05) is 0 Å². The largest absolute Gasteiger partial charge is 3.00 e. The first-order valence-electron chi connectivity index (χ1n) is 13.0. The van der Waals surface area contributed by atoms with Gasteiger partial charge in [0.15, 0.2) is 0 Å². The summed E-state index contributed by atoms with van der Waals surface area (Å²) >= 11 is 0. The van der Waals surface area contributed by atoms with Gasteiger partial charge in [0.1, 0.15) is 12.3 Å². The molecule has 1 fully saturated rings. The molecule has 201 valence electrons. The third-order valence-corrected chi connectivity index (χ3v) is 12.7. The molecule has 4 aromatic carbocycles. The van der Waals surface area contributed by atoms with Crippen molar-refractivity contribution >= 4 is 50.6 Å². The zero-order valence-corrected chi connectivity index (χ0v) is 26.7. The molecule has 0 N–H and O–H groups in total. The van der Waals surface area contributed by atoms with Gasteiger partial charge in [-0.1, -0.05) is 85.6 Å². The van der Waals surface area contributed by atoms with E-state index in [9.17, 15) is 0 Å². The van der Waals surface area contributed by atoms with Crippen molar-refractivity contribution in [3.05, 3.63) is 127 Å². The first-order chi connectivity index (χ1) is 18.8. The Kier molecular flexibility index (Phi) is 19.2. The fraction of sp³-hybridized carbons (Fsp3) is 0.206. The molecule has 5 rings (SSSR count). The van der Waals surface area contributed by atoms with E-state index in [1.54, 1.807) is 5.92 Å². The summed E-state index contributed by atoms with van der Waals surface area (Å²) in [6, 6.07) is 44.5. The molecule has 1 aliphatic rings. The molecule has 2 nitrogen and oxygen atoms in total. The predicted octanol–water partition coefficient (Wildman–Crippen LogP) is 6.32. The Hall–Kier alpha value is -2.23. The van der Waals surface area contributed by atoms with E-state index in [4.69, 9.17) is 9.59 Å². The van der Waals surface area contributed by atoms with Crippen LogP contribution in [0, 0.1) is 5.92 Å². The molecule has 0 aromatic heterocycles. The summed E-state index contributed by atoms with van der Waals surface area (Å²) in [7, 11) is -1.57. The van der Waals surface area contributed by atoms with Crippen LogP contribution in [0.4, 0.5) is 0 Å². The molecule has 1 aliphatic carbocycles. The number of hydrogen-bond acceptors (Lipinski definition) is 2. The maximum Gasteiger partial charge on any atom is 3.00 e. The van der Waals surface area contributed by atoms with E-state index in [1.807, 2.05) is 0 Å². The minimum absolute atomic E-state index is 0. The molecule has 0 bridgehead atoms. The van der Waals surface area contributed by atoms with E-state index in [1.165, 1.54) is 59.2 Å². The summed E-state index contributed by atoms with van der Waals surface area (Å²) in [5, 5.41) is 6.06. The molecule has 4 aromatic rings. The average molecular weight is 638 g/mol. The van der Waals surface area contributed by atoms with Crippen LogP contribution < -0.4 is 21.2 Å². The normalized spacial score (nSPS) is 12.1. The van der Waals surface area contributed by atoms with Crippen molar-refractivity contribution in [1.82, 2.24) is 0 Å². The van der Waals surface area contributed by atoms with Gasteiger partial charge >= 0.3 is 21.1 Å². The average Bonchev–Trinajstić information content (AvgIpc) is 3.50. The molecule has 0 spiro atoms. The van der Waals surface area contributed by atoms with Crippen LogP contribution in [-0.2, 0) is 30.7 Å². The summed E-state index contributed by atoms with van der Waals surface area (Å²) in [5.74, 6) is 1.70. The zero-order chi connectivity index (χ0) is 27.4. The van der Waals surface area contributed by atoms with Crippen LogP contribution in [0.3, 0.4) is 0 Å². The third kappa shape index (κ3) is 12.2. The summed E-state index contributed by atoms with van der Waals surface area (Å²) in [4.78, 5) is 15.5. The molecule has 5 heteroatoms. The van der Waals surface area contributed by atoms with Gasteiger partial charge in [0.25, 0.3) is 0 Å². The van der Waals surface area contributed by atoms with Crippen LogP contribution in [0.25, 0.3) is 0 Å². The van der Waals surface area contributed by atoms with Gasteiger partial charge in [0.2, 0.25) is 0 Å². The van der Waals surface area contributed by atoms with E-state index in [0.29, 0.717) is 0 Å². The molecule has 0 saturated heterocycles. The van der Waals surface area contributed by atoms with E-state index in [0.717, 1.165) is 0 Å². The fourth-order valence-corrected chi connectivity index (χ4v) is 10.9. The quantitative estimate of drug-likeness (QED) is 0.103. The molecule has 0 amide bonds. The van der Waals surface area contributed by atoms with Gasteiger partial charge in [-0.3, -0.25) is 13.6 Å². The van der Waals surface area contributed by atoms with Crippen LogP contribution >= 0.6 is 15.8 Å². The van der Waals surface area contributed by atoms with Gasteiger partial charge in [0.05, 0.1) is 37.1 Å². The number of benzene rings is 4. The van der Waals surface area contributed by atoms with Gasteiger partial charge in [-0.15, -0.1) is 0 Å². The Morgan fingerprint density at radius 3 is 0.923 bits per heavy atom. The second-order valence-electron chi connectivity index (χ2n) is 9.09. The van der Waals surface area contributed by atoms with Crippen molar-refractivity contribution in [3.8, 4) is 0 Å². The second-order valence-corrected chi connectivity index (χ2v) is 14.3. The maximum atomic E-state index is 7.75. The van der Waals surface area contributed by atoms with Crippen molar-refractivity contribution < 1.29 is 30.7 Å². The Morgan fingerprint density at radius 2 is 0.744 bits per heavy atom. The summed E-state index contributed by atoms with van der Waals surface area (Å²) in [5.41, 5.74) is 0. The van der Waals surface area contributed by atoms with Crippen LogP contribution in [0.15, 0.2) is 121 Å². The monoisotopic (exact) mass is 639 g/mol. The van der Waals surface area contributed by atoms with Gasteiger partial charge < -0.3 is 15.5 Å². The summed E-state index contributed by atoms with van der Waals surface area (Å²) in [6.07, 6.45) is 8.23. The minimum atomic E-state index is -0.783. The summed E-state index contributed by atoms with van der Waals surface area (Å²) < 4.78 is 0. The van der Waals surface area contributed by atoms with Crippen molar-refractivity contribution in [2.45, 2.75) is 32.6 Å². The van der Waals surface area contributed by atoms with Gasteiger partial charge in [-0.2, -0.15) is 19.8 Å². The van der Waals surface area contributed by atoms with Crippen LogP contribution in [-0.4, -0.2) is 25.9 Å². The second kappa shape index (κ2) is 21.6. The van der Waals surface area contributed by atoms with Crippen LogP contribution in [0.1, 0.15) is 32.6 Å². The molecule has 39 heavy (non-hydrogen) atoms. The Balaban J connectivity index is 0.000000596. The summed E-state index contributed by atoms with van der Waals surface area (Å²) in [6.45, 7) is 8.76. The fourth-order valence-electron chi connectivity index (χ4n) is 4.70. The Morgan fingerprint density at radius 1 is 0.513 bits per heavy atom. The van der Waals surface area contributed by atoms with Crippen molar-refractivity contribution in [1.29, 1.82) is 0 Å². The van der Waals surface area contributed by atoms with Crippen molar-refractivity contribution in [3.63, 3.8) is 0 Å². The van der Waals surface area contributed by atoms with E-state index >= 15 is 0 Å². The first-order valence-corrected chi connectivity index (χ1v) is 16.4. The van der Waals surface area contributed by atoms with Crippen molar-refractivity contribution in [2.24, 2.45) is 0 Å². The molecule has 1 radical (unpaired) electrons. The SMILES string of the molecule is C[C-]1CCCC1.[CH-]=O.[CH-]=O.[Mo+3].c1ccc([PH+](CC[PH+](c2ccccc2)c2ccccc2)c2ccccc2)cc1. The molecule has 0 unspecified atom stereocenters. The molecular weight excluding hydrogens is 598 g/mol. The van der Waals surface area contributed by atoms with Gasteiger partial charge in [-0.25, -0.2) is 0 Å². The van der Waals surface area contributed by atoms with E-state index in [2.05, 4.69) is 142 Å². The standard InChI is InChI=1S/C26H24P2.C6H11.2CHO.Mo/c1-5-13-23(14-6-1)27(24-15-7-2-8-16-24)21-22-28(25-17-9-3-10-18-25)26-19-11-4-12-20-26;1-6-4-2-3-5-6;2*1-2;/h1-20H,21-22H2;2-5H2,1H3;2*1H;/q;3*-1;+3/p+2. The van der Waals surface area contributed by atoms with Crippen LogP contribution in [0.2, 0.25) is 0 Å². The predicted molar refractivity (Wildman–Crippen MR) is 172 cm³/mol. The first kappa shape index (κ1) is 34.8. The minimum Gasteiger partial charge on any atom is -0.545 e. The van der Waals surface area contributed by atoms with Crippen molar-refractivity contribution in [2.75, 3.05) is 12.3 Å². The molecule has 0 aliphatic heterocycles. The number of hydrogen-bond donors (Lipinski definition) is 0. The number of rotatable bonds is 7. The molecular formula is C34H39MoO2P2+2. The molecule has 0 heterocycles. The third-order valence-electron chi connectivity index (χ3n) is 6.57. The zero-order valence-electron chi connectivity index (χ0n) is 22.7. The topological polar surface area (TPSA) is 34.1 Å². The Labute approximate surface area is 252 Å². The molecule has 1 saturated carbocycles. The number of carbonyl (C=O) groups excluding carboxylic acids is 2. The van der Waals surface area contributed by atoms with E-state index in [-0.39, 0.29) is 21.1 Å². The Bertz CT molecular complexity index is 945. The smallest absolute Gasteiger partial charge is 0.545 e. The van der Waals surface area contributed by atoms with E-state index < -0.39 is 15.8 Å².